The SMILES string of the molecule is COc1ccc(-c2ccc(CN(C)[C@@H](C)Cc3cnccn3)o2)cc1. The van der Waals surface area contributed by atoms with Crippen LogP contribution in [0.25, 0.3) is 11.3 Å². The number of furan rings is 1. The summed E-state index contributed by atoms with van der Waals surface area (Å²) in [5.41, 5.74) is 2.04. The maximum Gasteiger partial charge on any atom is 0.134 e. The van der Waals surface area contributed by atoms with Crippen LogP contribution in [0.2, 0.25) is 0 Å². The smallest absolute Gasteiger partial charge is 0.134 e. The summed E-state index contributed by atoms with van der Waals surface area (Å²) in [7, 11) is 3.76. The molecule has 5 nitrogen and oxygen atoms in total. The van der Waals surface area contributed by atoms with Crippen LogP contribution >= 0.6 is 0 Å². The molecule has 0 aliphatic heterocycles. The minimum atomic E-state index is 0.339. The van der Waals surface area contributed by atoms with Crippen LogP contribution in [-0.4, -0.2) is 35.1 Å². The predicted octanol–water partition coefficient (Wildman–Crippen LogP) is 3.81. The first kappa shape index (κ1) is 17.2. The van der Waals surface area contributed by atoms with E-state index in [0.29, 0.717) is 6.04 Å². The Balaban J connectivity index is 1.62. The van der Waals surface area contributed by atoms with Crippen molar-refractivity contribution in [2.24, 2.45) is 0 Å². The molecule has 0 fully saturated rings. The van der Waals surface area contributed by atoms with Gasteiger partial charge in [-0.2, -0.15) is 0 Å². The fourth-order valence-corrected chi connectivity index (χ4v) is 2.67. The minimum absolute atomic E-state index is 0.339. The molecule has 0 amide bonds. The number of hydrogen-bond acceptors (Lipinski definition) is 5. The van der Waals surface area contributed by atoms with Gasteiger partial charge >= 0.3 is 0 Å². The second-order valence-corrected chi connectivity index (χ2v) is 6.16. The van der Waals surface area contributed by atoms with Crippen LogP contribution in [0, 0.1) is 0 Å². The molecular formula is C20H23N3O2. The third-order valence-corrected chi connectivity index (χ3v) is 4.32. The number of benzene rings is 1. The molecule has 5 heteroatoms. The molecule has 0 saturated carbocycles. The molecule has 0 radical (unpaired) electrons. The van der Waals surface area contributed by atoms with Gasteiger partial charge < -0.3 is 9.15 Å². The van der Waals surface area contributed by atoms with Gasteiger partial charge in [-0.15, -0.1) is 0 Å². The lowest BCUT2D eigenvalue weighted by molar-refractivity contribution is 0.228. The van der Waals surface area contributed by atoms with E-state index in [-0.39, 0.29) is 0 Å². The first-order valence-corrected chi connectivity index (χ1v) is 8.34. The fourth-order valence-electron chi connectivity index (χ4n) is 2.67. The highest BCUT2D eigenvalue weighted by Crippen LogP contribution is 2.25. The number of nitrogens with zero attached hydrogens (tertiary/aromatic N) is 3. The summed E-state index contributed by atoms with van der Waals surface area (Å²) in [5, 5.41) is 0. The number of aromatic nitrogens is 2. The van der Waals surface area contributed by atoms with Crippen molar-refractivity contribution in [3.63, 3.8) is 0 Å². The Bertz CT molecular complexity index is 784. The summed E-state index contributed by atoms with van der Waals surface area (Å²) in [5.74, 6) is 2.65. The summed E-state index contributed by atoms with van der Waals surface area (Å²) in [6.07, 6.45) is 6.10. The lowest BCUT2D eigenvalue weighted by Crippen LogP contribution is -2.30. The molecule has 2 heterocycles. The van der Waals surface area contributed by atoms with E-state index in [0.717, 1.165) is 41.5 Å². The Morgan fingerprint density at radius 2 is 1.92 bits per heavy atom. The molecule has 0 aliphatic carbocycles. The Morgan fingerprint density at radius 1 is 1.12 bits per heavy atom. The zero-order valence-electron chi connectivity index (χ0n) is 14.8. The van der Waals surface area contributed by atoms with Gasteiger partial charge in [0.1, 0.15) is 17.3 Å². The van der Waals surface area contributed by atoms with E-state index in [1.54, 1.807) is 19.5 Å². The van der Waals surface area contributed by atoms with E-state index in [9.17, 15) is 0 Å². The van der Waals surface area contributed by atoms with E-state index < -0.39 is 0 Å². The van der Waals surface area contributed by atoms with E-state index in [1.165, 1.54) is 0 Å². The van der Waals surface area contributed by atoms with Crippen LogP contribution < -0.4 is 4.74 Å². The van der Waals surface area contributed by atoms with Gasteiger partial charge in [-0.05, 0) is 50.4 Å². The van der Waals surface area contributed by atoms with Crippen molar-refractivity contribution in [1.82, 2.24) is 14.9 Å². The second-order valence-electron chi connectivity index (χ2n) is 6.16. The summed E-state index contributed by atoms with van der Waals surface area (Å²) >= 11 is 0. The first-order valence-electron chi connectivity index (χ1n) is 8.34. The summed E-state index contributed by atoms with van der Waals surface area (Å²) in [6, 6.07) is 12.3. The van der Waals surface area contributed by atoms with Crippen LogP contribution in [0.1, 0.15) is 18.4 Å². The highest BCUT2D eigenvalue weighted by molar-refractivity contribution is 5.58. The molecule has 0 aliphatic rings. The number of hydrogen-bond donors (Lipinski definition) is 0. The molecule has 25 heavy (non-hydrogen) atoms. The topological polar surface area (TPSA) is 51.4 Å². The van der Waals surface area contributed by atoms with Gasteiger partial charge in [-0.3, -0.25) is 14.9 Å². The number of ether oxygens (including phenoxy) is 1. The monoisotopic (exact) mass is 337 g/mol. The molecule has 3 aromatic rings. The number of methoxy groups -OCH3 is 1. The van der Waals surface area contributed by atoms with Crippen LogP contribution in [0.3, 0.4) is 0 Å². The average molecular weight is 337 g/mol. The van der Waals surface area contributed by atoms with Crippen LogP contribution in [-0.2, 0) is 13.0 Å². The van der Waals surface area contributed by atoms with Gasteiger partial charge in [0, 0.05) is 36.6 Å². The molecule has 1 atom stereocenters. The molecule has 3 rings (SSSR count). The average Bonchev–Trinajstić information content (AvgIpc) is 3.11. The van der Waals surface area contributed by atoms with Gasteiger partial charge in [-0.1, -0.05) is 0 Å². The molecule has 2 aromatic heterocycles. The van der Waals surface area contributed by atoms with Crippen molar-refractivity contribution >= 4 is 0 Å². The number of likely N-dealkylation sites (N-methyl/N-ethyl adjacent to an activating group) is 1. The zero-order chi connectivity index (χ0) is 17.6. The summed E-state index contributed by atoms with van der Waals surface area (Å²) < 4.78 is 11.2. The molecule has 0 unspecified atom stereocenters. The molecule has 0 saturated heterocycles. The lowest BCUT2D eigenvalue weighted by Gasteiger charge is -2.23. The molecule has 0 spiro atoms. The van der Waals surface area contributed by atoms with Crippen molar-refractivity contribution < 1.29 is 9.15 Å². The second kappa shape index (κ2) is 7.94. The van der Waals surface area contributed by atoms with Crippen LogP contribution in [0.15, 0.2) is 59.4 Å². The maximum absolute atomic E-state index is 6.00. The van der Waals surface area contributed by atoms with Gasteiger partial charge in [0.2, 0.25) is 0 Å². The maximum atomic E-state index is 6.00. The van der Waals surface area contributed by atoms with E-state index in [4.69, 9.17) is 9.15 Å². The Kier molecular flexibility index (Phi) is 5.46. The Labute approximate surface area is 148 Å². The quantitative estimate of drug-likeness (QED) is 0.656. The largest absolute Gasteiger partial charge is 0.497 e. The van der Waals surface area contributed by atoms with E-state index >= 15 is 0 Å². The first-order chi connectivity index (χ1) is 12.2. The van der Waals surface area contributed by atoms with Crippen molar-refractivity contribution in [3.05, 3.63) is 66.4 Å². The van der Waals surface area contributed by atoms with Crippen LogP contribution in [0.5, 0.6) is 5.75 Å². The van der Waals surface area contributed by atoms with Crippen molar-refractivity contribution in [2.75, 3.05) is 14.2 Å². The zero-order valence-corrected chi connectivity index (χ0v) is 14.8. The summed E-state index contributed by atoms with van der Waals surface area (Å²) in [6.45, 7) is 2.93. The summed E-state index contributed by atoms with van der Waals surface area (Å²) in [4.78, 5) is 10.7. The van der Waals surface area contributed by atoms with E-state index in [2.05, 4.69) is 28.8 Å². The molecule has 0 N–H and O–H groups in total. The molecule has 130 valence electrons. The third kappa shape index (κ3) is 4.45. The van der Waals surface area contributed by atoms with Gasteiger partial charge in [0.05, 0.1) is 19.3 Å². The van der Waals surface area contributed by atoms with Crippen LogP contribution in [0.4, 0.5) is 0 Å². The van der Waals surface area contributed by atoms with Gasteiger partial charge in [0.15, 0.2) is 0 Å². The van der Waals surface area contributed by atoms with Crippen molar-refractivity contribution in [3.8, 4) is 17.1 Å². The van der Waals surface area contributed by atoms with Gasteiger partial charge in [0.25, 0.3) is 0 Å². The Morgan fingerprint density at radius 3 is 2.60 bits per heavy atom. The van der Waals surface area contributed by atoms with Crippen molar-refractivity contribution in [1.29, 1.82) is 0 Å². The van der Waals surface area contributed by atoms with E-state index in [1.807, 2.05) is 42.6 Å². The van der Waals surface area contributed by atoms with Gasteiger partial charge in [-0.25, -0.2) is 0 Å². The highest BCUT2D eigenvalue weighted by atomic mass is 16.5. The molecule has 0 bridgehead atoms. The number of rotatable bonds is 7. The molecular weight excluding hydrogens is 314 g/mol. The fraction of sp³-hybridized carbons (Fsp3) is 0.300. The standard InChI is InChI=1S/C20H23N3O2/c1-15(12-17-13-21-10-11-22-17)23(2)14-19-8-9-20(25-19)16-4-6-18(24-3)7-5-16/h4-11,13,15H,12,14H2,1-3H3/t15-/m0/s1. The van der Waals surface area contributed by atoms with Crippen molar-refractivity contribution in [2.45, 2.75) is 25.9 Å². The third-order valence-electron chi connectivity index (χ3n) is 4.32. The Hall–Kier alpha value is -2.66. The molecule has 1 aromatic carbocycles. The minimum Gasteiger partial charge on any atom is -0.497 e. The highest BCUT2D eigenvalue weighted by Gasteiger charge is 2.14. The lowest BCUT2D eigenvalue weighted by atomic mass is 10.1. The normalized spacial score (nSPS) is 12.3. The predicted molar refractivity (Wildman–Crippen MR) is 97.4 cm³/mol.